The molecule has 2 heteroatoms. The quantitative estimate of drug-likeness (QED) is 0.830. The zero-order valence-electron chi connectivity index (χ0n) is 11.3. The highest BCUT2D eigenvalue weighted by Crippen LogP contribution is 2.41. The van der Waals surface area contributed by atoms with Gasteiger partial charge in [0.2, 0.25) is 0 Å². The number of aromatic nitrogens is 1. The zero-order valence-corrected chi connectivity index (χ0v) is 11.3. The third-order valence-corrected chi connectivity index (χ3v) is 4.87. The summed E-state index contributed by atoms with van der Waals surface area (Å²) in [6.07, 6.45) is 5.13. The number of aromatic amines is 1. The minimum Gasteiger partial charge on any atom is -0.358 e. The van der Waals surface area contributed by atoms with Gasteiger partial charge >= 0.3 is 0 Å². The number of nitrogens with two attached hydrogens (primary N) is 1. The van der Waals surface area contributed by atoms with Crippen LogP contribution >= 0.6 is 0 Å². The van der Waals surface area contributed by atoms with Crippen molar-refractivity contribution in [1.29, 1.82) is 0 Å². The topological polar surface area (TPSA) is 41.8 Å². The van der Waals surface area contributed by atoms with Gasteiger partial charge in [0.1, 0.15) is 0 Å². The Morgan fingerprint density at radius 3 is 2.61 bits per heavy atom. The highest BCUT2D eigenvalue weighted by atomic mass is 14.7. The lowest BCUT2D eigenvalue weighted by Gasteiger charge is -2.28. The van der Waals surface area contributed by atoms with Crippen molar-refractivity contribution >= 4 is 10.9 Å². The molecule has 0 atom stereocenters. The molecule has 0 saturated heterocycles. The third kappa shape index (κ3) is 1.59. The largest absolute Gasteiger partial charge is 0.358 e. The molecule has 1 aromatic carbocycles. The number of fused-ring (bicyclic) bond motifs is 1. The fourth-order valence-corrected chi connectivity index (χ4v) is 3.45. The van der Waals surface area contributed by atoms with Crippen LogP contribution in [0.25, 0.3) is 10.9 Å². The molecule has 0 radical (unpaired) electrons. The van der Waals surface area contributed by atoms with Gasteiger partial charge in [0.25, 0.3) is 0 Å². The fourth-order valence-electron chi connectivity index (χ4n) is 3.45. The number of H-pyrrole nitrogens is 1. The van der Waals surface area contributed by atoms with Crippen LogP contribution in [-0.2, 0) is 5.41 Å². The van der Waals surface area contributed by atoms with Crippen molar-refractivity contribution < 1.29 is 0 Å². The zero-order chi connectivity index (χ0) is 12.8. The molecule has 0 bridgehead atoms. The van der Waals surface area contributed by atoms with E-state index in [1.54, 1.807) is 0 Å². The third-order valence-electron chi connectivity index (χ3n) is 4.87. The predicted molar refractivity (Wildman–Crippen MR) is 77.0 cm³/mol. The van der Waals surface area contributed by atoms with Gasteiger partial charge in [-0.2, -0.15) is 0 Å². The summed E-state index contributed by atoms with van der Waals surface area (Å²) in [5, 5.41) is 1.37. The summed E-state index contributed by atoms with van der Waals surface area (Å²) >= 11 is 0. The first-order valence-corrected chi connectivity index (χ1v) is 6.96. The van der Waals surface area contributed by atoms with Crippen LogP contribution in [0, 0.1) is 13.8 Å². The van der Waals surface area contributed by atoms with Crippen LogP contribution in [0.15, 0.2) is 18.2 Å². The highest BCUT2D eigenvalue weighted by Gasteiger charge is 2.34. The summed E-state index contributed by atoms with van der Waals surface area (Å²) in [4.78, 5) is 3.44. The van der Waals surface area contributed by atoms with Crippen molar-refractivity contribution in [3.63, 3.8) is 0 Å². The molecule has 0 spiro atoms. The molecule has 2 nitrogen and oxygen atoms in total. The SMILES string of the molecule is Cc1[nH]c2ccc(C3(CN)CCCC3)cc2c1C. The summed E-state index contributed by atoms with van der Waals surface area (Å²) in [5.41, 5.74) is 11.7. The average molecular weight is 242 g/mol. The second kappa shape index (κ2) is 4.13. The lowest BCUT2D eigenvalue weighted by Crippen LogP contribution is -2.31. The average Bonchev–Trinajstić information content (AvgIpc) is 2.97. The van der Waals surface area contributed by atoms with Gasteiger partial charge in [-0.05, 0) is 49.9 Å². The minimum atomic E-state index is 0.242. The van der Waals surface area contributed by atoms with E-state index in [2.05, 4.69) is 37.0 Å². The van der Waals surface area contributed by atoms with Crippen LogP contribution < -0.4 is 5.73 Å². The van der Waals surface area contributed by atoms with E-state index >= 15 is 0 Å². The monoisotopic (exact) mass is 242 g/mol. The van der Waals surface area contributed by atoms with Crippen molar-refractivity contribution in [3.8, 4) is 0 Å². The molecule has 1 heterocycles. The van der Waals surface area contributed by atoms with Crippen LogP contribution in [0.5, 0.6) is 0 Å². The van der Waals surface area contributed by atoms with E-state index in [0.717, 1.165) is 6.54 Å². The first-order valence-electron chi connectivity index (χ1n) is 6.96. The Balaban J connectivity index is 2.15. The molecule has 18 heavy (non-hydrogen) atoms. The molecule has 0 aliphatic heterocycles. The Morgan fingerprint density at radius 1 is 1.22 bits per heavy atom. The first-order chi connectivity index (χ1) is 8.66. The molecular weight excluding hydrogens is 220 g/mol. The van der Waals surface area contributed by atoms with E-state index in [1.807, 2.05) is 0 Å². The van der Waals surface area contributed by atoms with Gasteiger partial charge in [0.05, 0.1) is 0 Å². The summed E-state index contributed by atoms with van der Waals surface area (Å²) in [6.45, 7) is 5.12. The van der Waals surface area contributed by atoms with Crippen molar-refractivity contribution in [2.24, 2.45) is 5.73 Å². The Hall–Kier alpha value is -1.28. The lowest BCUT2D eigenvalue weighted by molar-refractivity contribution is 0.453. The first kappa shape index (κ1) is 11.8. The fraction of sp³-hybridized carbons (Fsp3) is 0.500. The van der Waals surface area contributed by atoms with Crippen molar-refractivity contribution in [3.05, 3.63) is 35.0 Å². The van der Waals surface area contributed by atoms with Crippen molar-refractivity contribution in [2.45, 2.75) is 44.9 Å². The van der Waals surface area contributed by atoms with E-state index in [4.69, 9.17) is 5.73 Å². The normalized spacial score (nSPS) is 18.6. The van der Waals surface area contributed by atoms with Gasteiger partial charge in [-0.25, -0.2) is 0 Å². The van der Waals surface area contributed by atoms with E-state index in [1.165, 1.54) is 53.4 Å². The maximum Gasteiger partial charge on any atom is 0.0458 e. The van der Waals surface area contributed by atoms with Crippen LogP contribution in [-0.4, -0.2) is 11.5 Å². The van der Waals surface area contributed by atoms with Gasteiger partial charge in [-0.3, -0.25) is 0 Å². The number of benzene rings is 1. The number of nitrogens with one attached hydrogen (secondary N) is 1. The van der Waals surface area contributed by atoms with Gasteiger partial charge in [-0.15, -0.1) is 0 Å². The molecule has 1 saturated carbocycles. The Kier molecular flexibility index (Phi) is 2.70. The van der Waals surface area contributed by atoms with Crippen LogP contribution in [0.1, 0.15) is 42.5 Å². The second-order valence-electron chi connectivity index (χ2n) is 5.83. The van der Waals surface area contributed by atoms with Crippen LogP contribution in [0.2, 0.25) is 0 Å². The maximum atomic E-state index is 6.08. The Bertz CT molecular complexity index is 574. The highest BCUT2D eigenvalue weighted by molar-refractivity contribution is 5.85. The molecule has 1 aliphatic rings. The minimum absolute atomic E-state index is 0.242. The van der Waals surface area contributed by atoms with Crippen LogP contribution in [0.3, 0.4) is 0 Å². The molecule has 1 aliphatic carbocycles. The molecule has 3 rings (SSSR count). The standard InChI is InChI=1S/C16H22N2/c1-11-12(2)18-15-6-5-13(9-14(11)15)16(10-17)7-3-4-8-16/h5-6,9,18H,3-4,7-8,10,17H2,1-2H3. The van der Waals surface area contributed by atoms with E-state index in [-0.39, 0.29) is 5.41 Å². The molecule has 0 unspecified atom stereocenters. The van der Waals surface area contributed by atoms with E-state index in [0.29, 0.717) is 0 Å². The molecule has 0 amide bonds. The summed E-state index contributed by atoms with van der Waals surface area (Å²) in [5.74, 6) is 0. The van der Waals surface area contributed by atoms with Crippen molar-refractivity contribution in [2.75, 3.05) is 6.54 Å². The molecule has 1 fully saturated rings. The Morgan fingerprint density at radius 2 is 1.94 bits per heavy atom. The molecular formula is C16H22N2. The van der Waals surface area contributed by atoms with Gasteiger partial charge < -0.3 is 10.7 Å². The molecule has 3 N–H and O–H groups in total. The van der Waals surface area contributed by atoms with E-state index in [9.17, 15) is 0 Å². The van der Waals surface area contributed by atoms with E-state index < -0.39 is 0 Å². The van der Waals surface area contributed by atoms with Gasteiger partial charge in [0.15, 0.2) is 0 Å². The number of rotatable bonds is 2. The Labute approximate surface area is 109 Å². The molecule has 96 valence electrons. The van der Waals surface area contributed by atoms with Crippen LogP contribution in [0.4, 0.5) is 0 Å². The number of aryl methyl sites for hydroxylation is 2. The predicted octanol–water partition coefficient (Wildman–Crippen LogP) is 3.56. The maximum absolute atomic E-state index is 6.08. The van der Waals surface area contributed by atoms with Crippen molar-refractivity contribution in [1.82, 2.24) is 4.98 Å². The smallest absolute Gasteiger partial charge is 0.0458 e. The second-order valence-corrected chi connectivity index (χ2v) is 5.83. The molecule has 1 aromatic heterocycles. The summed E-state index contributed by atoms with van der Waals surface area (Å²) in [6, 6.07) is 6.86. The number of hydrogen-bond acceptors (Lipinski definition) is 1. The molecule has 2 aromatic rings. The lowest BCUT2D eigenvalue weighted by atomic mass is 9.78. The van der Waals surface area contributed by atoms with Gasteiger partial charge in [0, 0.05) is 28.6 Å². The van der Waals surface area contributed by atoms with Gasteiger partial charge in [-0.1, -0.05) is 18.9 Å². The summed E-state index contributed by atoms with van der Waals surface area (Å²) in [7, 11) is 0. The summed E-state index contributed by atoms with van der Waals surface area (Å²) < 4.78 is 0. The number of hydrogen-bond donors (Lipinski definition) is 2.